The fraction of sp³-hybridized carbons (Fsp3) is 0.529. The Balaban J connectivity index is 1.81. The van der Waals surface area contributed by atoms with Crippen molar-refractivity contribution >= 4 is 17.5 Å². The molecule has 1 atom stereocenters. The molecule has 2 N–H and O–H groups in total. The minimum absolute atomic E-state index is 0.0576. The standard InChI is InChI=1S/C17H23N3O3/c1-12-10-13(23-3)4-5-14(12)20-16(21)11-15(17(20)22)19-8-6-18(2)7-9-19/h4-5,10,15H,6-9,11H2,1-3H3/p+2/t15-/m1/s1. The third-order valence-corrected chi connectivity index (χ3v) is 5.03. The van der Waals surface area contributed by atoms with Gasteiger partial charge in [-0.3, -0.25) is 9.59 Å². The summed E-state index contributed by atoms with van der Waals surface area (Å²) in [6.45, 7) is 5.90. The van der Waals surface area contributed by atoms with Crippen molar-refractivity contribution in [2.75, 3.05) is 45.2 Å². The SMILES string of the molecule is COc1ccc(N2C(=O)C[C@@H]([NH+]3CC[NH+](C)CC3)C2=O)c(C)c1. The Hall–Kier alpha value is -1.92. The van der Waals surface area contributed by atoms with Crippen LogP contribution in [0.15, 0.2) is 18.2 Å². The number of anilines is 1. The number of hydrogen-bond donors (Lipinski definition) is 2. The zero-order chi connectivity index (χ0) is 16.6. The lowest BCUT2D eigenvalue weighted by molar-refractivity contribution is -1.01. The van der Waals surface area contributed by atoms with Crippen molar-refractivity contribution in [1.82, 2.24) is 0 Å². The molecule has 6 nitrogen and oxygen atoms in total. The van der Waals surface area contributed by atoms with Gasteiger partial charge in [-0.2, -0.15) is 0 Å². The van der Waals surface area contributed by atoms with E-state index in [1.165, 1.54) is 14.7 Å². The van der Waals surface area contributed by atoms with Gasteiger partial charge < -0.3 is 14.5 Å². The predicted octanol–water partition coefficient (Wildman–Crippen LogP) is -1.95. The number of carbonyl (C=O) groups excluding carboxylic acids is 2. The largest absolute Gasteiger partial charge is 0.497 e. The zero-order valence-corrected chi connectivity index (χ0v) is 14.0. The van der Waals surface area contributed by atoms with Gasteiger partial charge in [-0.1, -0.05) is 0 Å². The highest BCUT2D eigenvalue weighted by Crippen LogP contribution is 2.28. The molecule has 0 spiro atoms. The summed E-state index contributed by atoms with van der Waals surface area (Å²) < 4.78 is 5.20. The van der Waals surface area contributed by atoms with Crippen LogP contribution in [0.2, 0.25) is 0 Å². The van der Waals surface area contributed by atoms with Crippen molar-refractivity contribution in [1.29, 1.82) is 0 Å². The molecule has 124 valence electrons. The molecule has 2 heterocycles. The number of nitrogens with zero attached hydrogens (tertiary/aromatic N) is 1. The van der Waals surface area contributed by atoms with E-state index in [1.54, 1.807) is 19.2 Å². The molecule has 0 aromatic heterocycles. The number of ether oxygens (including phenoxy) is 1. The lowest BCUT2D eigenvalue weighted by Crippen LogP contribution is -3.29. The summed E-state index contributed by atoms with van der Waals surface area (Å²) in [7, 11) is 3.78. The van der Waals surface area contributed by atoms with Crippen LogP contribution in [0.25, 0.3) is 0 Å². The van der Waals surface area contributed by atoms with Crippen LogP contribution in [0.1, 0.15) is 12.0 Å². The van der Waals surface area contributed by atoms with E-state index in [9.17, 15) is 9.59 Å². The van der Waals surface area contributed by atoms with Crippen molar-refractivity contribution in [3.63, 3.8) is 0 Å². The number of carbonyl (C=O) groups is 2. The van der Waals surface area contributed by atoms with Gasteiger partial charge in [0.1, 0.15) is 31.9 Å². The monoisotopic (exact) mass is 319 g/mol. The number of hydrogen-bond acceptors (Lipinski definition) is 3. The molecule has 0 bridgehead atoms. The molecule has 2 saturated heterocycles. The van der Waals surface area contributed by atoms with E-state index in [-0.39, 0.29) is 17.9 Å². The molecule has 0 aliphatic carbocycles. The van der Waals surface area contributed by atoms with Crippen LogP contribution in [0.5, 0.6) is 5.75 Å². The molecule has 2 aliphatic heterocycles. The van der Waals surface area contributed by atoms with Crippen molar-refractivity contribution in [2.24, 2.45) is 0 Å². The molecule has 2 fully saturated rings. The van der Waals surface area contributed by atoms with E-state index < -0.39 is 0 Å². The van der Waals surface area contributed by atoms with Crippen molar-refractivity contribution < 1.29 is 24.1 Å². The Bertz CT molecular complexity index is 624. The summed E-state index contributed by atoms with van der Waals surface area (Å²) in [5.74, 6) is 0.583. The highest BCUT2D eigenvalue weighted by molar-refractivity contribution is 6.22. The fourth-order valence-corrected chi connectivity index (χ4v) is 3.56. The van der Waals surface area contributed by atoms with Gasteiger partial charge >= 0.3 is 0 Å². The highest BCUT2D eigenvalue weighted by Gasteiger charge is 2.47. The number of amides is 2. The van der Waals surface area contributed by atoms with Crippen molar-refractivity contribution in [3.05, 3.63) is 23.8 Å². The lowest BCUT2D eigenvalue weighted by Gasteiger charge is -2.30. The second-order valence-corrected chi connectivity index (χ2v) is 6.59. The van der Waals surface area contributed by atoms with Crippen molar-refractivity contribution in [2.45, 2.75) is 19.4 Å². The van der Waals surface area contributed by atoms with Crippen LogP contribution in [0, 0.1) is 6.92 Å². The van der Waals surface area contributed by atoms with E-state index in [0.717, 1.165) is 37.5 Å². The molecule has 1 aromatic carbocycles. The van der Waals surface area contributed by atoms with Crippen LogP contribution < -0.4 is 19.4 Å². The predicted molar refractivity (Wildman–Crippen MR) is 85.9 cm³/mol. The molecular formula is C17H25N3O3+2. The van der Waals surface area contributed by atoms with E-state index in [0.29, 0.717) is 12.1 Å². The third kappa shape index (κ3) is 2.96. The average Bonchev–Trinajstić information content (AvgIpc) is 2.83. The van der Waals surface area contributed by atoms with E-state index >= 15 is 0 Å². The number of likely N-dealkylation sites (N-methyl/N-ethyl adjacent to an activating group) is 1. The first kappa shape index (κ1) is 16.0. The van der Waals surface area contributed by atoms with Gasteiger partial charge in [-0.25, -0.2) is 4.90 Å². The van der Waals surface area contributed by atoms with Gasteiger partial charge in [0.25, 0.3) is 5.91 Å². The number of quaternary nitrogens is 2. The lowest BCUT2D eigenvalue weighted by atomic mass is 10.1. The smallest absolute Gasteiger partial charge is 0.292 e. The van der Waals surface area contributed by atoms with Crippen LogP contribution in [-0.4, -0.2) is 58.2 Å². The van der Waals surface area contributed by atoms with Crippen LogP contribution >= 0.6 is 0 Å². The Morgan fingerprint density at radius 1 is 1.17 bits per heavy atom. The molecule has 0 saturated carbocycles. The van der Waals surface area contributed by atoms with Gasteiger partial charge in [0.2, 0.25) is 5.91 Å². The van der Waals surface area contributed by atoms with Crippen LogP contribution in [-0.2, 0) is 9.59 Å². The number of methoxy groups -OCH3 is 1. The summed E-state index contributed by atoms with van der Waals surface area (Å²) in [4.78, 5) is 29.4. The van der Waals surface area contributed by atoms with Crippen molar-refractivity contribution in [3.8, 4) is 5.75 Å². The molecule has 6 heteroatoms. The number of piperazine rings is 1. The molecular weight excluding hydrogens is 294 g/mol. The first-order valence-corrected chi connectivity index (χ1v) is 8.18. The van der Waals surface area contributed by atoms with E-state index in [4.69, 9.17) is 4.74 Å². The summed E-state index contributed by atoms with van der Waals surface area (Å²) in [5, 5.41) is 0. The topological polar surface area (TPSA) is 55.5 Å². The average molecular weight is 319 g/mol. The van der Waals surface area contributed by atoms with Gasteiger partial charge in [0, 0.05) is 0 Å². The second-order valence-electron chi connectivity index (χ2n) is 6.59. The first-order valence-electron chi connectivity index (χ1n) is 8.18. The Kier molecular flexibility index (Phi) is 4.37. The third-order valence-electron chi connectivity index (χ3n) is 5.03. The molecule has 2 aliphatic rings. The maximum atomic E-state index is 12.9. The summed E-state index contributed by atoms with van der Waals surface area (Å²) >= 11 is 0. The Morgan fingerprint density at radius 2 is 1.87 bits per heavy atom. The number of imide groups is 1. The highest BCUT2D eigenvalue weighted by atomic mass is 16.5. The summed E-state index contributed by atoms with van der Waals surface area (Å²) in [5.41, 5.74) is 1.56. The van der Waals surface area contributed by atoms with Crippen LogP contribution in [0.3, 0.4) is 0 Å². The number of aryl methyl sites for hydroxylation is 1. The molecule has 0 unspecified atom stereocenters. The normalized spacial score (nSPS) is 28.3. The maximum absolute atomic E-state index is 12.9. The van der Waals surface area contributed by atoms with Gasteiger partial charge in [0.15, 0.2) is 6.04 Å². The quantitative estimate of drug-likeness (QED) is 0.637. The van der Waals surface area contributed by atoms with Gasteiger partial charge in [-0.15, -0.1) is 0 Å². The second kappa shape index (κ2) is 6.29. The molecule has 23 heavy (non-hydrogen) atoms. The zero-order valence-electron chi connectivity index (χ0n) is 14.0. The summed E-state index contributed by atoms with van der Waals surface area (Å²) in [6.07, 6.45) is 0.318. The molecule has 3 rings (SSSR count). The number of nitrogens with one attached hydrogen (secondary N) is 2. The first-order chi connectivity index (χ1) is 11.0. The number of rotatable bonds is 3. The molecule has 0 radical (unpaired) electrons. The Labute approximate surface area is 136 Å². The maximum Gasteiger partial charge on any atom is 0.292 e. The van der Waals surface area contributed by atoms with E-state index in [2.05, 4.69) is 7.05 Å². The fourth-order valence-electron chi connectivity index (χ4n) is 3.56. The molecule has 2 amide bonds. The van der Waals surface area contributed by atoms with Gasteiger partial charge in [0.05, 0.1) is 26.3 Å². The minimum Gasteiger partial charge on any atom is -0.497 e. The Morgan fingerprint density at radius 3 is 2.48 bits per heavy atom. The summed E-state index contributed by atoms with van der Waals surface area (Å²) in [6, 6.07) is 5.23. The molecule has 1 aromatic rings. The minimum atomic E-state index is -0.225. The number of benzene rings is 1. The van der Waals surface area contributed by atoms with E-state index in [1.807, 2.05) is 13.0 Å². The van der Waals surface area contributed by atoms with Crippen LogP contribution in [0.4, 0.5) is 5.69 Å². The van der Waals surface area contributed by atoms with Gasteiger partial charge in [-0.05, 0) is 30.7 Å².